The van der Waals surface area contributed by atoms with Gasteiger partial charge in [-0.3, -0.25) is 5.43 Å². The second kappa shape index (κ2) is 7.95. The van der Waals surface area contributed by atoms with Crippen molar-refractivity contribution in [3.8, 4) is 5.69 Å². The molecule has 0 aliphatic rings. The van der Waals surface area contributed by atoms with Gasteiger partial charge in [0, 0.05) is 46.0 Å². The van der Waals surface area contributed by atoms with E-state index in [-0.39, 0.29) is 0 Å². The lowest BCUT2D eigenvalue weighted by Gasteiger charge is -2.14. The van der Waals surface area contributed by atoms with E-state index in [4.69, 9.17) is 0 Å². The predicted octanol–water partition coefficient (Wildman–Crippen LogP) is 5.21. The minimum atomic E-state index is 0.981. The van der Waals surface area contributed by atoms with Crippen molar-refractivity contribution in [2.24, 2.45) is 5.10 Å². The highest BCUT2D eigenvalue weighted by Crippen LogP contribution is 2.22. The topological polar surface area (TPSA) is 32.6 Å². The molecule has 0 aliphatic carbocycles. The summed E-state index contributed by atoms with van der Waals surface area (Å²) in [5.74, 6) is 0. The minimum Gasteiger partial charge on any atom is -0.378 e. The van der Waals surface area contributed by atoms with Crippen molar-refractivity contribution >= 4 is 40.2 Å². The Kier molecular flexibility index (Phi) is 5.66. The van der Waals surface area contributed by atoms with Crippen molar-refractivity contribution in [2.75, 3.05) is 24.4 Å². The molecule has 4 nitrogen and oxygen atoms in total. The summed E-state index contributed by atoms with van der Waals surface area (Å²) in [7, 11) is 4.10. The minimum absolute atomic E-state index is 0.981. The smallest absolute Gasteiger partial charge is 0.0562 e. The summed E-state index contributed by atoms with van der Waals surface area (Å²) in [6.45, 7) is 4.25. The Balaban J connectivity index is 1.81. The zero-order valence-corrected chi connectivity index (χ0v) is 17.7. The molecule has 5 heteroatoms. The van der Waals surface area contributed by atoms with Crippen molar-refractivity contribution in [1.82, 2.24) is 4.57 Å². The average Bonchev–Trinajstić information content (AvgIpc) is 2.90. The van der Waals surface area contributed by atoms with Crippen LogP contribution in [0.15, 0.2) is 59.7 Å². The Bertz CT molecular complexity index is 906. The van der Waals surface area contributed by atoms with E-state index < -0.39 is 0 Å². The number of halogens is 1. The monoisotopic (exact) mass is 458 g/mol. The Hall–Kier alpha value is -2.28. The van der Waals surface area contributed by atoms with Gasteiger partial charge in [0.1, 0.15) is 0 Å². The molecule has 0 amide bonds. The van der Waals surface area contributed by atoms with Crippen LogP contribution in [0, 0.1) is 17.4 Å². The lowest BCUT2D eigenvalue weighted by atomic mass is 10.2. The molecule has 134 valence electrons. The lowest BCUT2D eigenvalue weighted by Crippen LogP contribution is -2.08. The third-order valence-electron chi connectivity index (χ3n) is 4.34. The van der Waals surface area contributed by atoms with Crippen LogP contribution in [0.25, 0.3) is 5.69 Å². The molecule has 1 heterocycles. The van der Waals surface area contributed by atoms with E-state index in [1.54, 1.807) is 0 Å². The van der Waals surface area contributed by atoms with Crippen LogP contribution in [0.5, 0.6) is 0 Å². The van der Waals surface area contributed by atoms with Crippen molar-refractivity contribution in [3.63, 3.8) is 0 Å². The highest BCUT2D eigenvalue weighted by atomic mass is 127. The normalized spacial score (nSPS) is 11.1. The highest BCUT2D eigenvalue weighted by molar-refractivity contribution is 14.1. The summed E-state index contributed by atoms with van der Waals surface area (Å²) < 4.78 is 3.46. The van der Waals surface area contributed by atoms with Crippen LogP contribution in [-0.2, 0) is 0 Å². The van der Waals surface area contributed by atoms with Gasteiger partial charge in [-0.1, -0.05) is 0 Å². The van der Waals surface area contributed by atoms with Crippen LogP contribution in [0.2, 0.25) is 0 Å². The fourth-order valence-electron chi connectivity index (χ4n) is 2.92. The Morgan fingerprint density at radius 3 is 2.27 bits per heavy atom. The van der Waals surface area contributed by atoms with Crippen LogP contribution >= 0.6 is 22.6 Å². The van der Waals surface area contributed by atoms with E-state index in [2.05, 4.69) is 113 Å². The molecule has 0 saturated carbocycles. The van der Waals surface area contributed by atoms with E-state index in [1.807, 2.05) is 18.3 Å². The van der Waals surface area contributed by atoms with Gasteiger partial charge in [-0.15, -0.1) is 0 Å². The van der Waals surface area contributed by atoms with Gasteiger partial charge in [-0.05, 0) is 91.0 Å². The number of hydrogen-bond acceptors (Lipinski definition) is 3. The predicted molar refractivity (Wildman–Crippen MR) is 120 cm³/mol. The third-order valence-corrected chi connectivity index (χ3v) is 5.06. The molecule has 3 rings (SSSR count). The summed E-state index contributed by atoms with van der Waals surface area (Å²) in [5, 5.41) is 4.39. The lowest BCUT2D eigenvalue weighted by molar-refractivity contribution is 0.963. The van der Waals surface area contributed by atoms with E-state index in [1.165, 1.54) is 20.6 Å². The first-order valence-electron chi connectivity index (χ1n) is 8.47. The molecule has 0 bridgehead atoms. The van der Waals surface area contributed by atoms with E-state index in [9.17, 15) is 0 Å². The number of benzene rings is 2. The summed E-state index contributed by atoms with van der Waals surface area (Å²) in [6.07, 6.45) is 1.88. The van der Waals surface area contributed by atoms with Crippen LogP contribution in [0.1, 0.15) is 17.0 Å². The van der Waals surface area contributed by atoms with Gasteiger partial charge in [0.25, 0.3) is 0 Å². The molecule has 0 fully saturated rings. The highest BCUT2D eigenvalue weighted by Gasteiger charge is 2.09. The molecule has 0 radical (unpaired) electrons. The van der Waals surface area contributed by atoms with Gasteiger partial charge in [0.2, 0.25) is 0 Å². The van der Waals surface area contributed by atoms with Crippen molar-refractivity contribution < 1.29 is 0 Å². The maximum absolute atomic E-state index is 4.39. The number of aryl methyl sites for hydroxylation is 1. The summed E-state index contributed by atoms with van der Waals surface area (Å²) in [5.41, 5.74) is 9.90. The van der Waals surface area contributed by atoms with Gasteiger partial charge < -0.3 is 9.47 Å². The standard InChI is InChI=1S/C21H23IN4/c1-15-13-17(14-23-24-19-7-5-18(22)6-8-19)16(2)26(15)21-11-9-20(10-12-21)25(3)4/h5-14,24H,1-4H3/b23-14+. The molecular formula is C21H23IN4. The first kappa shape index (κ1) is 18.5. The number of nitrogens with one attached hydrogen (secondary N) is 1. The zero-order valence-electron chi connectivity index (χ0n) is 15.5. The molecular weight excluding hydrogens is 435 g/mol. The first-order valence-corrected chi connectivity index (χ1v) is 9.55. The molecule has 26 heavy (non-hydrogen) atoms. The van der Waals surface area contributed by atoms with Gasteiger partial charge in [-0.25, -0.2) is 0 Å². The fraction of sp³-hybridized carbons (Fsp3) is 0.190. The van der Waals surface area contributed by atoms with Crippen LogP contribution in [-0.4, -0.2) is 24.9 Å². The van der Waals surface area contributed by atoms with Crippen molar-refractivity contribution in [1.29, 1.82) is 0 Å². The zero-order chi connectivity index (χ0) is 18.7. The van der Waals surface area contributed by atoms with Crippen molar-refractivity contribution in [2.45, 2.75) is 13.8 Å². The molecule has 1 aromatic heterocycles. The number of nitrogens with zero attached hydrogens (tertiary/aromatic N) is 3. The molecule has 3 aromatic rings. The maximum Gasteiger partial charge on any atom is 0.0562 e. The number of anilines is 2. The summed E-state index contributed by atoms with van der Waals surface area (Å²) in [6, 6.07) is 18.9. The Labute approximate surface area is 168 Å². The summed E-state index contributed by atoms with van der Waals surface area (Å²) >= 11 is 2.29. The number of hydrogen-bond donors (Lipinski definition) is 1. The van der Waals surface area contributed by atoms with Gasteiger partial charge in [-0.2, -0.15) is 5.10 Å². The maximum atomic E-state index is 4.39. The number of aromatic nitrogens is 1. The fourth-order valence-corrected chi connectivity index (χ4v) is 3.28. The number of hydrazone groups is 1. The van der Waals surface area contributed by atoms with E-state index in [0.717, 1.165) is 16.9 Å². The quantitative estimate of drug-likeness (QED) is 0.324. The SMILES string of the molecule is Cc1cc(/C=N/Nc2ccc(I)cc2)c(C)n1-c1ccc(N(C)C)cc1. The molecule has 0 spiro atoms. The third kappa shape index (κ3) is 4.09. The molecule has 0 unspecified atom stereocenters. The van der Waals surface area contributed by atoms with Gasteiger partial charge in [0.15, 0.2) is 0 Å². The second-order valence-electron chi connectivity index (χ2n) is 6.45. The Morgan fingerprint density at radius 2 is 1.65 bits per heavy atom. The molecule has 2 aromatic carbocycles. The van der Waals surface area contributed by atoms with Crippen LogP contribution in [0.4, 0.5) is 11.4 Å². The second-order valence-corrected chi connectivity index (χ2v) is 7.70. The van der Waals surface area contributed by atoms with Crippen LogP contribution < -0.4 is 10.3 Å². The summed E-state index contributed by atoms with van der Waals surface area (Å²) in [4.78, 5) is 2.10. The largest absolute Gasteiger partial charge is 0.378 e. The number of rotatable bonds is 5. The van der Waals surface area contributed by atoms with Gasteiger partial charge >= 0.3 is 0 Å². The van der Waals surface area contributed by atoms with E-state index >= 15 is 0 Å². The Morgan fingerprint density at radius 1 is 1.00 bits per heavy atom. The molecule has 0 atom stereocenters. The van der Waals surface area contributed by atoms with Gasteiger partial charge in [0.05, 0.1) is 11.9 Å². The van der Waals surface area contributed by atoms with Crippen molar-refractivity contribution in [3.05, 3.63) is 75.1 Å². The average molecular weight is 458 g/mol. The van der Waals surface area contributed by atoms with E-state index in [0.29, 0.717) is 0 Å². The molecule has 0 saturated heterocycles. The first-order chi connectivity index (χ1) is 12.5. The van der Waals surface area contributed by atoms with Crippen LogP contribution in [0.3, 0.4) is 0 Å². The molecule has 0 aliphatic heterocycles. The molecule has 1 N–H and O–H groups in total.